The molecule has 1 atom stereocenters. The number of nitrogens with one attached hydrogen (secondary N) is 1. The van der Waals surface area contributed by atoms with Gasteiger partial charge >= 0.3 is 6.18 Å². The molecule has 1 saturated heterocycles. The summed E-state index contributed by atoms with van der Waals surface area (Å²) in [7, 11) is 0. The zero-order valence-corrected chi connectivity index (χ0v) is 17.3. The minimum atomic E-state index is -4.36. The van der Waals surface area contributed by atoms with Crippen LogP contribution in [0.5, 0.6) is 0 Å². The van der Waals surface area contributed by atoms with Gasteiger partial charge in [-0.2, -0.15) is 13.2 Å². The molecule has 0 aliphatic carbocycles. The van der Waals surface area contributed by atoms with E-state index in [4.69, 9.17) is 0 Å². The van der Waals surface area contributed by atoms with Crippen molar-refractivity contribution in [3.8, 4) is 0 Å². The summed E-state index contributed by atoms with van der Waals surface area (Å²) >= 11 is 0. The first-order chi connectivity index (χ1) is 14.3. The van der Waals surface area contributed by atoms with Crippen molar-refractivity contribution in [2.24, 2.45) is 5.92 Å². The van der Waals surface area contributed by atoms with E-state index in [1.165, 1.54) is 12.1 Å². The Balaban J connectivity index is 1.54. The third kappa shape index (κ3) is 5.53. The molecular formula is C23H28F3N3O. The first-order valence-corrected chi connectivity index (χ1v) is 10.2. The number of rotatable bonds is 6. The lowest BCUT2D eigenvalue weighted by Crippen LogP contribution is -2.51. The maximum Gasteiger partial charge on any atom is 0.416 e. The predicted octanol–water partition coefficient (Wildman–Crippen LogP) is 4.34. The Morgan fingerprint density at radius 1 is 1.00 bits per heavy atom. The van der Waals surface area contributed by atoms with Crippen LogP contribution in [0.25, 0.3) is 0 Å². The van der Waals surface area contributed by atoms with Gasteiger partial charge in [0.15, 0.2) is 0 Å². The average molecular weight is 419 g/mol. The molecule has 0 bridgehead atoms. The number of carbonyl (C=O) groups excluding carboxylic acids is 1. The molecule has 1 fully saturated rings. The molecule has 0 radical (unpaired) electrons. The van der Waals surface area contributed by atoms with Gasteiger partial charge in [-0.3, -0.25) is 4.79 Å². The van der Waals surface area contributed by atoms with Crippen molar-refractivity contribution in [2.75, 3.05) is 37.6 Å². The Hall–Kier alpha value is -2.54. The highest BCUT2D eigenvalue weighted by Crippen LogP contribution is 2.32. The standard InChI is InChI=1S/C23H28F3N3O/c1-17(2)22(18-7-4-3-5-8-18)27-16-21(30)29-13-11-28(12-14-29)20-10-6-9-19(15-20)23(24,25)26/h3-10,15,17,22,27H,11-14,16H2,1-2H3/t22-/m0/s1. The summed E-state index contributed by atoms with van der Waals surface area (Å²) in [6.45, 7) is 6.48. The Kier molecular flexibility index (Phi) is 7.02. The minimum absolute atomic E-state index is 0.0141. The number of amides is 1. The molecule has 1 N–H and O–H groups in total. The summed E-state index contributed by atoms with van der Waals surface area (Å²) in [6.07, 6.45) is -4.36. The zero-order chi connectivity index (χ0) is 21.7. The van der Waals surface area contributed by atoms with Gasteiger partial charge in [0.1, 0.15) is 0 Å². The second kappa shape index (κ2) is 9.51. The second-order valence-corrected chi connectivity index (χ2v) is 7.93. The van der Waals surface area contributed by atoms with Crippen LogP contribution in [0.15, 0.2) is 54.6 Å². The Morgan fingerprint density at radius 3 is 2.27 bits per heavy atom. The lowest BCUT2D eigenvalue weighted by Gasteiger charge is -2.36. The molecule has 30 heavy (non-hydrogen) atoms. The van der Waals surface area contributed by atoms with Gasteiger partial charge in [0.05, 0.1) is 12.1 Å². The molecule has 4 nitrogen and oxygen atoms in total. The second-order valence-electron chi connectivity index (χ2n) is 7.93. The van der Waals surface area contributed by atoms with Crippen LogP contribution in [0.4, 0.5) is 18.9 Å². The van der Waals surface area contributed by atoms with Crippen LogP contribution in [-0.4, -0.2) is 43.5 Å². The number of hydrogen-bond donors (Lipinski definition) is 1. The first kappa shape index (κ1) is 22.2. The smallest absolute Gasteiger partial charge is 0.368 e. The number of benzene rings is 2. The molecule has 2 aromatic rings. The maximum atomic E-state index is 13.0. The van der Waals surface area contributed by atoms with E-state index in [0.29, 0.717) is 37.8 Å². The van der Waals surface area contributed by atoms with Crippen molar-refractivity contribution in [1.82, 2.24) is 10.2 Å². The fourth-order valence-corrected chi connectivity index (χ4v) is 3.80. The maximum absolute atomic E-state index is 13.0. The first-order valence-electron chi connectivity index (χ1n) is 10.2. The van der Waals surface area contributed by atoms with E-state index in [-0.39, 0.29) is 18.5 Å². The number of halogens is 3. The van der Waals surface area contributed by atoms with Crippen molar-refractivity contribution in [3.63, 3.8) is 0 Å². The van der Waals surface area contributed by atoms with Crippen LogP contribution in [0.3, 0.4) is 0 Å². The van der Waals surface area contributed by atoms with E-state index in [9.17, 15) is 18.0 Å². The van der Waals surface area contributed by atoms with Crippen molar-refractivity contribution in [2.45, 2.75) is 26.1 Å². The van der Waals surface area contributed by atoms with Crippen LogP contribution < -0.4 is 10.2 Å². The molecule has 1 heterocycles. The van der Waals surface area contributed by atoms with Crippen molar-refractivity contribution in [1.29, 1.82) is 0 Å². The molecule has 2 aromatic carbocycles. The van der Waals surface area contributed by atoms with Crippen LogP contribution in [0.2, 0.25) is 0 Å². The highest BCUT2D eigenvalue weighted by atomic mass is 19.4. The molecule has 162 valence electrons. The van der Waals surface area contributed by atoms with Gasteiger partial charge in [-0.1, -0.05) is 50.2 Å². The number of alkyl halides is 3. The monoisotopic (exact) mass is 419 g/mol. The quantitative estimate of drug-likeness (QED) is 0.757. The molecule has 1 amide bonds. The van der Waals surface area contributed by atoms with Gasteiger partial charge in [-0.25, -0.2) is 0 Å². The summed E-state index contributed by atoms with van der Waals surface area (Å²) in [5.41, 5.74) is 1.04. The van der Waals surface area contributed by atoms with Gasteiger partial charge in [0, 0.05) is 37.9 Å². The lowest BCUT2D eigenvalue weighted by molar-refractivity contribution is -0.137. The predicted molar refractivity (Wildman–Crippen MR) is 112 cm³/mol. The van der Waals surface area contributed by atoms with Crippen molar-refractivity contribution >= 4 is 11.6 Å². The highest BCUT2D eigenvalue weighted by Gasteiger charge is 2.31. The van der Waals surface area contributed by atoms with E-state index in [0.717, 1.165) is 11.6 Å². The van der Waals surface area contributed by atoms with Gasteiger partial charge < -0.3 is 15.1 Å². The van der Waals surface area contributed by atoms with E-state index in [1.54, 1.807) is 11.0 Å². The highest BCUT2D eigenvalue weighted by molar-refractivity contribution is 5.78. The third-order valence-electron chi connectivity index (χ3n) is 5.47. The molecule has 3 rings (SSSR count). The number of nitrogens with zero attached hydrogens (tertiary/aromatic N) is 2. The average Bonchev–Trinajstić information content (AvgIpc) is 2.74. The topological polar surface area (TPSA) is 35.6 Å². The molecule has 0 unspecified atom stereocenters. The van der Waals surface area contributed by atoms with E-state index >= 15 is 0 Å². The van der Waals surface area contributed by atoms with Gasteiger partial charge in [-0.05, 0) is 29.7 Å². The van der Waals surface area contributed by atoms with Crippen LogP contribution in [0.1, 0.15) is 31.0 Å². The summed E-state index contributed by atoms with van der Waals surface area (Å²) in [4.78, 5) is 16.4. The number of carbonyl (C=O) groups is 1. The molecule has 7 heteroatoms. The fourth-order valence-electron chi connectivity index (χ4n) is 3.80. The minimum Gasteiger partial charge on any atom is -0.368 e. The summed E-state index contributed by atoms with van der Waals surface area (Å²) in [5.74, 6) is 0.346. The fraction of sp³-hybridized carbons (Fsp3) is 0.435. The van der Waals surface area contributed by atoms with Gasteiger partial charge in [-0.15, -0.1) is 0 Å². The van der Waals surface area contributed by atoms with E-state index in [2.05, 4.69) is 31.3 Å². The Labute approximate surface area is 175 Å². The largest absolute Gasteiger partial charge is 0.416 e. The van der Waals surface area contributed by atoms with E-state index in [1.807, 2.05) is 23.1 Å². The molecule has 0 saturated carbocycles. The summed E-state index contributed by atoms with van der Waals surface area (Å²) < 4.78 is 38.9. The Bertz CT molecular complexity index is 831. The SMILES string of the molecule is CC(C)[C@H](NCC(=O)N1CCN(c2cccc(C(F)(F)F)c2)CC1)c1ccccc1. The van der Waals surface area contributed by atoms with Crippen molar-refractivity contribution < 1.29 is 18.0 Å². The van der Waals surface area contributed by atoms with E-state index < -0.39 is 11.7 Å². The van der Waals surface area contributed by atoms with Gasteiger partial charge in [0.2, 0.25) is 5.91 Å². The number of hydrogen-bond acceptors (Lipinski definition) is 3. The molecule has 0 spiro atoms. The number of piperazine rings is 1. The van der Waals surface area contributed by atoms with Gasteiger partial charge in [0.25, 0.3) is 0 Å². The third-order valence-corrected chi connectivity index (χ3v) is 5.47. The Morgan fingerprint density at radius 2 is 1.67 bits per heavy atom. The van der Waals surface area contributed by atoms with Crippen LogP contribution in [-0.2, 0) is 11.0 Å². The summed E-state index contributed by atoms with van der Waals surface area (Å²) in [5, 5.41) is 3.37. The molecule has 1 aliphatic rings. The zero-order valence-electron chi connectivity index (χ0n) is 17.3. The summed E-state index contributed by atoms with van der Waals surface area (Å²) in [6, 6.07) is 15.5. The molecule has 1 aliphatic heterocycles. The van der Waals surface area contributed by atoms with Crippen LogP contribution in [0, 0.1) is 5.92 Å². The molecule has 0 aromatic heterocycles. The normalized spacial score (nSPS) is 16.1. The molecular weight excluding hydrogens is 391 g/mol. The van der Waals surface area contributed by atoms with Crippen LogP contribution >= 0.6 is 0 Å². The lowest BCUT2D eigenvalue weighted by atomic mass is 9.96. The van der Waals surface area contributed by atoms with Crippen molar-refractivity contribution in [3.05, 3.63) is 65.7 Å². The number of anilines is 1.